The highest BCUT2D eigenvalue weighted by molar-refractivity contribution is 5.83. The van der Waals surface area contributed by atoms with Crippen LogP contribution in [0.5, 0.6) is 0 Å². The Morgan fingerprint density at radius 3 is 2.33 bits per heavy atom. The largest absolute Gasteiger partial charge is 0.459 e. The van der Waals surface area contributed by atoms with Gasteiger partial charge in [0.15, 0.2) is 0 Å². The predicted molar refractivity (Wildman–Crippen MR) is 164 cm³/mol. The summed E-state index contributed by atoms with van der Waals surface area (Å²) in [6.45, 7) is 4.80. The predicted octanol–water partition coefficient (Wildman–Crippen LogP) is 9.78. The van der Waals surface area contributed by atoms with Crippen molar-refractivity contribution in [2.75, 3.05) is 7.11 Å². The SMILES string of the molecule is CCCCCCCCCC1CCC2c3ccc4c(c3CCC12C)CC[C@@H](OC(=O)C(OC)(c1ccccc1)C(F)(F)F)C4. The highest BCUT2D eigenvalue weighted by atomic mass is 19.4. The zero-order valence-corrected chi connectivity index (χ0v) is 26.2. The van der Waals surface area contributed by atoms with E-state index in [1.54, 1.807) is 6.07 Å². The van der Waals surface area contributed by atoms with Crippen molar-refractivity contribution >= 4 is 5.97 Å². The molecule has 6 heteroatoms. The van der Waals surface area contributed by atoms with Gasteiger partial charge in [-0.15, -0.1) is 0 Å². The molecule has 0 spiro atoms. The lowest BCUT2D eigenvalue weighted by Crippen LogP contribution is -2.52. The summed E-state index contributed by atoms with van der Waals surface area (Å²) in [5.74, 6) is -0.0131. The molecular weight excluding hydrogens is 549 g/mol. The molecule has 2 aromatic rings. The smallest absolute Gasteiger partial charge is 0.432 e. The lowest BCUT2D eigenvalue weighted by Gasteiger charge is -2.43. The van der Waals surface area contributed by atoms with Crippen LogP contribution >= 0.6 is 0 Å². The third-order valence-corrected chi connectivity index (χ3v) is 11.2. The Balaban J connectivity index is 1.25. The van der Waals surface area contributed by atoms with Crippen LogP contribution in [0.4, 0.5) is 13.2 Å². The summed E-state index contributed by atoms with van der Waals surface area (Å²) in [7, 11) is 0.917. The van der Waals surface area contributed by atoms with Crippen LogP contribution in [0.15, 0.2) is 42.5 Å². The summed E-state index contributed by atoms with van der Waals surface area (Å²) < 4.78 is 53.7. The van der Waals surface area contributed by atoms with Crippen molar-refractivity contribution in [3.63, 3.8) is 0 Å². The average Bonchev–Trinajstić information content (AvgIpc) is 3.33. The van der Waals surface area contributed by atoms with Crippen LogP contribution in [0.1, 0.15) is 125 Å². The number of hydrogen-bond donors (Lipinski definition) is 0. The molecule has 1 fully saturated rings. The van der Waals surface area contributed by atoms with E-state index in [1.165, 1.54) is 112 Å². The van der Waals surface area contributed by atoms with E-state index in [0.717, 1.165) is 31.4 Å². The van der Waals surface area contributed by atoms with Crippen molar-refractivity contribution in [3.05, 3.63) is 70.3 Å². The van der Waals surface area contributed by atoms with E-state index in [4.69, 9.17) is 9.47 Å². The van der Waals surface area contributed by atoms with Crippen LogP contribution in [-0.2, 0) is 39.1 Å². The van der Waals surface area contributed by atoms with E-state index in [2.05, 4.69) is 26.0 Å². The van der Waals surface area contributed by atoms with Crippen LogP contribution in [0.3, 0.4) is 0 Å². The quantitative estimate of drug-likeness (QED) is 0.180. The summed E-state index contributed by atoms with van der Waals surface area (Å²) in [6, 6.07) is 11.5. The topological polar surface area (TPSA) is 35.5 Å². The Labute approximate surface area is 255 Å². The van der Waals surface area contributed by atoms with Crippen molar-refractivity contribution in [1.29, 1.82) is 0 Å². The van der Waals surface area contributed by atoms with Crippen LogP contribution in [0, 0.1) is 11.3 Å². The molecule has 1 saturated carbocycles. The average molecular weight is 599 g/mol. The van der Waals surface area contributed by atoms with Gasteiger partial charge in [0.25, 0.3) is 5.60 Å². The van der Waals surface area contributed by atoms with Gasteiger partial charge in [-0.25, -0.2) is 4.79 Å². The Kier molecular flexibility index (Phi) is 9.95. The minimum atomic E-state index is -4.97. The lowest BCUT2D eigenvalue weighted by atomic mass is 9.61. The maximum Gasteiger partial charge on any atom is 0.432 e. The van der Waals surface area contributed by atoms with Gasteiger partial charge in [-0.1, -0.05) is 101 Å². The van der Waals surface area contributed by atoms with Gasteiger partial charge in [0.2, 0.25) is 0 Å². The summed E-state index contributed by atoms with van der Waals surface area (Å²) in [6.07, 6.45) is 11.7. The highest BCUT2D eigenvalue weighted by Gasteiger charge is 2.64. The Hall–Kier alpha value is -2.34. The van der Waals surface area contributed by atoms with Crippen LogP contribution < -0.4 is 0 Å². The molecular formula is C37H49F3O3. The van der Waals surface area contributed by atoms with Gasteiger partial charge in [-0.05, 0) is 84.5 Å². The second-order valence-corrected chi connectivity index (χ2v) is 13.5. The second-order valence-electron chi connectivity index (χ2n) is 13.5. The minimum Gasteiger partial charge on any atom is -0.459 e. The van der Waals surface area contributed by atoms with Crippen molar-refractivity contribution < 1.29 is 27.4 Å². The van der Waals surface area contributed by atoms with Crippen molar-refractivity contribution in [2.24, 2.45) is 11.3 Å². The second kappa shape index (κ2) is 13.3. The number of carbonyl (C=O) groups excluding carboxylic acids is 1. The number of carbonyl (C=O) groups is 1. The Morgan fingerprint density at radius 1 is 0.907 bits per heavy atom. The molecule has 0 saturated heterocycles. The molecule has 5 rings (SSSR count). The number of alkyl halides is 3. The number of rotatable bonds is 12. The molecule has 3 nitrogen and oxygen atoms in total. The Bertz CT molecular complexity index is 1240. The third kappa shape index (κ3) is 6.15. The first-order valence-electron chi connectivity index (χ1n) is 16.7. The molecule has 0 amide bonds. The van der Waals surface area contributed by atoms with Gasteiger partial charge in [0.05, 0.1) is 0 Å². The maximum atomic E-state index is 14.4. The van der Waals surface area contributed by atoms with Gasteiger partial charge in [0.1, 0.15) is 6.10 Å². The minimum absolute atomic E-state index is 0.273. The maximum absolute atomic E-state index is 14.4. The van der Waals surface area contributed by atoms with Crippen LogP contribution in [0.25, 0.3) is 0 Å². The number of ether oxygens (including phenoxy) is 2. The van der Waals surface area contributed by atoms with Crippen molar-refractivity contribution in [3.8, 4) is 0 Å². The molecule has 3 aliphatic carbocycles. The Morgan fingerprint density at radius 2 is 1.63 bits per heavy atom. The van der Waals surface area contributed by atoms with Gasteiger partial charge < -0.3 is 9.47 Å². The molecule has 5 atom stereocenters. The van der Waals surface area contributed by atoms with Gasteiger partial charge in [-0.2, -0.15) is 13.2 Å². The standard InChI is InChI=1S/C37H49F3O3/c1-4-5-6-7-8-9-11-14-27-18-22-33-32-20-17-26-25-29(19-21-30(26)31(32)23-24-35(27,33)2)43-34(41)36(42-3,37(38,39)40)28-15-12-10-13-16-28/h10,12-13,15-17,20,27,29,33H,4-9,11,14,18-19,21-25H2,1-3H3/t27?,29-,33?,35?,36?/m1/s1. The molecule has 0 heterocycles. The summed E-state index contributed by atoms with van der Waals surface area (Å²) in [5, 5.41) is 0. The lowest BCUT2D eigenvalue weighted by molar-refractivity contribution is -0.278. The number of hydrogen-bond acceptors (Lipinski definition) is 3. The number of halogens is 3. The number of unbranched alkanes of at least 4 members (excludes halogenated alkanes) is 6. The van der Waals surface area contributed by atoms with E-state index in [1.807, 2.05) is 0 Å². The molecule has 0 aliphatic heterocycles. The highest BCUT2D eigenvalue weighted by Crippen LogP contribution is 2.60. The van der Waals surface area contributed by atoms with Gasteiger partial charge in [-0.3, -0.25) is 0 Å². The molecule has 2 aromatic carbocycles. The fraction of sp³-hybridized carbons (Fsp3) is 0.649. The van der Waals surface area contributed by atoms with Crippen LogP contribution in [-0.4, -0.2) is 25.4 Å². The van der Waals surface area contributed by atoms with E-state index in [0.29, 0.717) is 24.2 Å². The third-order valence-electron chi connectivity index (χ3n) is 11.2. The van der Waals surface area contributed by atoms with Gasteiger partial charge in [0, 0.05) is 19.1 Å². The molecule has 3 aliphatic rings. The zero-order valence-electron chi connectivity index (χ0n) is 26.2. The molecule has 0 radical (unpaired) electrons. The first kappa shape index (κ1) is 32.1. The molecule has 236 valence electrons. The molecule has 0 bridgehead atoms. The summed E-state index contributed by atoms with van der Waals surface area (Å²) in [4.78, 5) is 13.2. The first-order chi connectivity index (χ1) is 20.7. The summed E-state index contributed by atoms with van der Waals surface area (Å²) >= 11 is 0. The number of fused-ring (bicyclic) bond motifs is 5. The van der Waals surface area contributed by atoms with Gasteiger partial charge >= 0.3 is 12.1 Å². The number of benzene rings is 2. The number of esters is 1. The van der Waals surface area contributed by atoms with Crippen molar-refractivity contribution in [2.45, 2.75) is 134 Å². The molecule has 43 heavy (non-hydrogen) atoms. The van der Waals surface area contributed by atoms with E-state index in [-0.39, 0.29) is 5.56 Å². The van der Waals surface area contributed by atoms with E-state index >= 15 is 0 Å². The van der Waals surface area contributed by atoms with Crippen LogP contribution in [0.2, 0.25) is 0 Å². The van der Waals surface area contributed by atoms with Crippen molar-refractivity contribution in [1.82, 2.24) is 0 Å². The van der Waals surface area contributed by atoms with E-state index in [9.17, 15) is 18.0 Å². The normalized spacial score (nSPS) is 26.2. The zero-order chi connectivity index (χ0) is 30.7. The summed E-state index contributed by atoms with van der Waals surface area (Å²) in [5.41, 5.74) is 2.36. The first-order valence-corrected chi connectivity index (χ1v) is 16.7. The molecule has 0 N–H and O–H groups in total. The molecule has 0 aromatic heterocycles. The monoisotopic (exact) mass is 598 g/mol. The van der Waals surface area contributed by atoms with E-state index < -0.39 is 23.9 Å². The molecule has 4 unspecified atom stereocenters. The fourth-order valence-electron chi connectivity index (χ4n) is 8.68. The number of methoxy groups -OCH3 is 1. The fourth-order valence-corrected chi connectivity index (χ4v) is 8.68.